The van der Waals surface area contributed by atoms with Crippen LogP contribution in [0.15, 0.2) is 47.1 Å². The number of cyclic esters (lactones) is 1. The molecule has 0 radical (unpaired) electrons. The summed E-state index contributed by atoms with van der Waals surface area (Å²) in [7, 11) is 0. The summed E-state index contributed by atoms with van der Waals surface area (Å²) in [6, 6.07) is 9.48. The summed E-state index contributed by atoms with van der Waals surface area (Å²) in [5, 5.41) is 11.7. The molecule has 0 amide bonds. The highest BCUT2D eigenvalue weighted by molar-refractivity contribution is 6.43. The Morgan fingerprint density at radius 1 is 1.20 bits per heavy atom. The third-order valence-corrected chi connectivity index (χ3v) is 4.46. The molecule has 0 unspecified atom stereocenters. The van der Waals surface area contributed by atoms with Gasteiger partial charge in [-0.05, 0) is 30.7 Å². The lowest BCUT2D eigenvalue weighted by molar-refractivity contribution is -0.385. The summed E-state index contributed by atoms with van der Waals surface area (Å²) in [4.78, 5) is 26.8. The smallest absolute Gasteiger partial charge is 0.363 e. The van der Waals surface area contributed by atoms with Crippen LogP contribution in [0.1, 0.15) is 16.7 Å². The van der Waals surface area contributed by atoms with Crippen LogP contribution in [-0.4, -0.2) is 16.8 Å². The number of aliphatic imine (C=N–C) groups is 1. The molecule has 0 saturated heterocycles. The number of halogens is 2. The van der Waals surface area contributed by atoms with Crippen molar-refractivity contribution in [3.8, 4) is 0 Å². The van der Waals surface area contributed by atoms with Gasteiger partial charge in [0.15, 0.2) is 5.70 Å². The van der Waals surface area contributed by atoms with E-state index in [1.807, 2.05) is 0 Å². The van der Waals surface area contributed by atoms with Crippen molar-refractivity contribution in [2.75, 3.05) is 0 Å². The average Bonchev–Trinajstić information content (AvgIpc) is 2.92. The Morgan fingerprint density at radius 3 is 2.64 bits per heavy atom. The lowest BCUT2D eigenvalue weighted by Gasteiger charge is -2.04. The lowest BCUT2D eigenvalue weighted by atomic mass is 10.1. The molecule has 1 heterocycles. The van der Waals surface area contributed by atoms with Crippen LogP contribution < -0.4 is 0 Å². The quantitative estimate of drug-likeness (QED) is 0.340. The third kappa shape index (κ3) is 3.26. The summed E-state index contributed by atoms with van der Waals surface area (Å²) >= 11 is 12.1. The van der Waals surface area contributed by atoms with E-state index in [9.17, 15) is 14.9 Å². The predicted molar refractivity (Wildman–Crippen MR) is 94.9 cm³/mol. The van der Waals surface area contributed by atoms with E-state index in [-0.39, 0.29) is 17.3 Å². The fourth-order valence-electron chi connectivity index (χ4n) is 2.36. The maximum atomic E-state index is 12.1. The number of hydrogen-bond acceptors (Lipinski definition) is 5. The molecular formula is C17H10Cl2N2O4. The fraction of sp³-hybridized carbons (Fsp3) is 0.0588. The van der Waals surface area contributed by atoms with Crippen molar-refractivity contribution < 1.29 is 14.5 Å². The maximum absolute atomic E-state index is 12.1. The molecule has 8 heteroatoms. The molecule has 1 aliphatic rings. The second-order valence-corrected chi connectivity index (χ2v) is 5.97. The minimum atomic E-state index is -0.669. The fourth-order valence-corrected chi connectivity index (χ4v) is 2.72. The van der Waals surface area contributed by atoms with Crippen LogP contribution in [-0.2, 0) is 9.53 Å². The zero-order valence-corrected chi connectivity index (χ0v) is 14.3. The van der Waals surface area contributed by atoms with E-state index in [0.717, 1.165) is 0 Å². The number of carbonyl (C=O) groups is 1. The summed E-state index contributed by atoms with van der Waals surface area (Å²) in [6.07, 6.45) is 1.45. The number of carbonyl (C=O) groups excluding carboxylic acids is 1. The SMILES string of the molecule is Cc1c(C2=N/C(=C/c3cccc(Cl)c3Cl)C(=O)O2)cccc1[N+](=O)[O-]. The van der Waals surface area contributed by atoms with E-state index >= 15 is 0 Å². The Labute approximate surface area is 152 Å². The zero-order chi connectivity index (χ0) is 18.1. The summed E-state index contributed by atoms with van der Waals surface area (Å²) in [5.41, 5.74) is 1.21. The van der Waals surface area contributed by atoms with Gasteiger partial charge in [-0.2, -0.15) is 0 Å². The highest BCUT2D eigenvalue weighted by Crippen LogP contribution is 2.30. The van der Waals surface area contributed by atoms with Crippen molar-refractivity contribution in [2.45, 2.75) is 6.92 Å². The Hall–Kier alpha value is -2.70. The molecule has 0 saturated carbocycles. The highest BCUT2D eigenvalue weighted by Gasteiger charge is 2.27. The van der Waals surface area contributed by atoms with Crippen molar-refractivity contribution in [2.24, 2.45) is 4.99 Å². The average molecular weight is 377 g/mol. The summed E-state index contributed by atoms with van der Waals surface area (Å²) < 4.78 is 5.16. The largest absolute Gasteiger partial charge is 0.402 e. The Bertz CT molecular complexity index is 967. The number of rotatable bonds is 3. The number of benzene rings is 2. The molecule has 126 valence electrons. The van der Waals surface area contributed by atoms with Gasteiger partial charge in [0.2, 0.25) is 5.90 Å². The van der Waals surface area contributed by atoms with Crippen LogP contribution in [0.4, 0.5) is 5.69 Å². The van der Waals surface area contributed by atoms with Crippen molar-refractivity contribution in [1.82, 2.24) is 0 Å². The molecule has 0 fully saturated rings. The number of nitro benzene ring substituents is 1. The van der Waals surface area contributed by atoms with Gasteiger partial charge >= 0.3 is 5.97 Å². The van der Waals surface area contributed by atoms with Gasteiger partial charge in [0.25, 0.3) is 5.69 Å². The molecule has 2 aromatic carbocycles. The van der Waals surface area contributed by atoms with Gasteiger partial charge in [0.1, 0.15) is 0 Å². The predicted octanol–water partition coefficient (Wildman–Crippen LogP) is 4.55. The molecule has 0 aliphatic carbocycles. The van der Waals surface area contributed by atoms with Crippen molar-refractivity contribution >= 4 is 46.8 Å². The number of ether oxygens (including phenoxy) is 1. The molecule has 1 aliphatic heterocycles. The second-order valence-electron chi connectivity index (χ2n) is 5.19. The lowest BCUT2D eigenvalue weighted by Crippen LogP contribution is -2.08. The maximum Gasteiger partial charge on any atom is 0.363 e. The molecule has 0 N–H and O–H groups in total. The summed E-state index contributed by atoms with van der Waals surface area (Å²) in [6.45, 7) is 1.57. The number of hydrogen-bond donors (Lipinski definition) is 0. The molecule has 0 bridgehead atoms. The van der Waals surface area contributed by atoms with Crippen LogP contribution >= 0.6 is 23.2 Å². The molecule has 6 nitrogen and oxygen atoms in total. The number of nitro groups is 1. The van der Waals surface area contributed by atoms with E-state index < -0.39 is 10.9 Å². The molecule has 0 spiro atoms. The molecule has 0 aromatic heterocycles. The van der Waals surface area contributed by atoms with Crippen molar-refractivity contribution in [1.29, 1.82) is 0 Å². The van der Waals surface area contributed by atoms with Gasteiger partial charge in [-0.15, -0.1) is 0 Å². The van der Waals surface area contributed by atoms with Crippen LogP contribution in [0, 0.1) is 17.0 Å². The molecule has 0 atom stereocenters. The van der Waals surface area contributed by atoms with Gasteiger partial charge in [0, 0.05) is 17.2 Å². The van der Waals surface area contributed by atoms with Crippen LogP contribution in [0.5, 0.6) is 0 Å². The van der Waals surface area contributed by atoms with Gasteiger partial charge in [-0.3, -0.25) is 10.1 Å². The monoisotopic (exact) mass is 376 g/mol. The van der Waals surface area contributed by atoms with Gasteiger partial charge in [0.05, 0.1) is 15.0 Å². The van der Waals surface area contributed by atoms with Crippen molar-refractivity contribution in [3.63, 3.8) is 0 Å². The first-order valence-electron chi connectivity index (χ1n) is 7.09. The van der Waals surface area contributed by atoms with Gasteiger partial charge < -0.3 is 4.74 Å². The highest BCUT2D eigenvalue weighted by atomic mass is 35.5. The minimum absolute atomic E-state index is 0.00982. The van der Waals surface area contributed by atoms with Crippen LogP contribution in [0.3, 0.4) is 0 Å². The Morgan fingerprint density at radius 2 is 1.92 bits per heavy atom. The first-order valence-corrected chi connectivity index (χ1v) is 7.85. The van der Waals surface area contributed by atoms with E-state index in [2.05, 4.69) is 4.99 Å². The van der Waals surface area contributed by atoms with E-state index in [0.29, 0.717) is 26.7 Å². The topological polar surface area (TPSA) is 81.8 Å². The van der Waals surface area contributed by atoms with Crippen LogP contribution in [0.2, 0.25) is 10.0 Å². The molecule has 3 rings (SSSR count). The van der Waals surface area contributed by atoms with Gasteiger partial charge in [-0.1, -0.05) is 41.4 Å². The first-order chi connectivity index (χ1) is 11.9. The Balaban J connectivity index is 2.04. The normalized spacial score (nSPS) is 15.2. The molecular weight excluding hydrogens is 367 g/mol. The third-order valence-electron chi connectivity index (χ3n) is 3.63. The number of nitrogens with zero attached hydrogens (tertiary/aromatic N) is 2. The summed E-state index contributed by atoms with van der Waals surface area (Å²) in [5.74, 6) is -0.660. The van der Waals surface area contributed by atoms with Gasteiger partial charge in [-0.25, -0.2) is 9.79 Å². The van der Waals surface area contributed by atoms with E-state index in [1.54, 1.807) is 31.2 Å². The van der Waals surface area contributed by atoms with Crippen molar-refractivity contribution in [3.05, 3.63) is 78.9 Å². The second kappa shape index (κ2) is 6.66. The minimum Gasteiger partial charge on any atom is -0.402 e. The Kier molecular flexibility index (Phi) is 4.57. The van der Waals surface area contributed by atoms with E-state index in [4.69, 9.17) is 27.9 Å². The molecule has 25 heavy (non-hydrogen) atoms. The van der Waals surface area contributed by atoms with E-state index in [1.165, 1.54) is 18.2 Å². The standard InChI is InChI=1S/C17H10Cl2N2O4/c1-9-11(5-3-7-14(9)21(23)24)16-20-13(17(22)25-16)8-10-4-2-6-12(18)15(10)19/h2-8H,1H3/b13-8+. The molecule has 2 aromatic rings. The zero-order valence-electron chi connectivity index (χ0n) is 12.8. The number of esters is 1. The van der Waals surface area contributed by atoms with Crippen LogP contribution in [0.25, 0.3) is 6.08 Å². The first kappa shape index (κ1) is 17.1.